The van der Waals surface area contributed by atoms with Crippen LogP contribution in [-0.4, -0.2) is 70.4 Å². The Morgan fingerprint density at radius 2 is 2.09 bits per heavy atom. The first kappa shape index (κ1) is 14.4. The lowest BCUT2D eigenvalue weighted by molar-refractivity contribution is -0.0620. The molecule has 12 nitrogen and oxygen atoms in total. The zero-order valence-electron chi connectivity index (χ0n) is 10.8. The number of hydrogen-bond acceptors (Lipinski definition) is 10. The molecule has 4 unspecified atom stereocenters. The molecule has 2 aromatic rings. The van der Waals surface area contributed by atoms with Crippen molar-refractivity contribution in [1.29, 1.82) is 5.26 Å². The maximum absolute atomic E-state index is 12.3. The highest BCUT2D eigenvalue weighted by Gasteiger charge is 2.44. The van der Waals surface area contributed by atoms with E-state index < -0.39 is 42.2 Å². The van der Waals surface area contributed by atoms with Gasteiger partial charge in [0.15, 0.2) is 23.0 Å². The van der Waals surface area contributed by atoms with E-state index >= 15 is 0 Å². The molecule has 22 heavy (non-hydrogen) atoms. The van der Waals surface area contributed by atoms with Gasteiger partial charge in [0.25, 0.3) is 0 Å². The smallest absolute Gasteiger partial charge is 0.302 e. The van der Waals surface area contributed by atoms with Crippen molar-refractivity contribution in [3.05, 3.63) is 16.0 Å². The molecule has 0 bridgehead atoms. The van der Waals surface area contributed by atoms with Gasteiger partial charge in [0, 0.05) is 0 Å². The first-order valence-electron chi connectivity index (χ1n) is 6.09. The van der Waals surface area contributed by atoms with Gasteiger partial charge in [0.05, 0.1) is 6.61 Å². The van der Waals surface area contributed by atoms with Gasteiger partial charge in [-0.25, -0.2) is 0 Å². The van der Waals surface area contributed by atoms with Gasteiger partial charge in [-0.3, -0.25) is 4.79 Å². The third kappa shape index (κ3) is 1.84. The van der Waals surface area contributed by atoms with Crippen LogP contribution < -0.4 is 5.56 Å². The van der Waals surface area contributed by atoms with Crippen molar-refractivity contribution in [2.24, 2.45) is 0 Å². The molecule has 2 aromatic heterocycles. The summed E-state index contributed by atoms with van der Waals surface area (Å²) >= 11 is 0. The van der Waals surface area contributed by atoms with Crippen LogP contribution in [0.1, 0.15) is 11.9 Å². The van der Waals surface area contributed by atoms with Gasteiger partial charge in [0.2, 0.25) is 0 Å². The van der Waals surface area contributed by atoms with Gasteiger partial charge in [-0.05, 0) is 0 Å². The lowest BCUT2D eigenvalue weighted by atomic mass is 10.1. The summed E-state index contributed by atoms with van der Waals surface area (Å²) in [5, 5.41) is 57.5. The number of ether oxygens (including phenoxy) is 1. The number of aliphatic hydroxyl groups excluding tert-OH is 3. The Hall–Kier alpha value is -2.59. The minimum atomic E-state index is -1.54. The number of aromatic nitrogens is 5. The number of aliphatic hydroxyl groups is 3. The molecule has 0 spiro atoms. The molecule has 3 rings (SSSR count). The summed E-state index contributed by atoms with van der Waals surface area (Å²) in [6, 6.07) is 1.64. The number of nitrogens with zero attached hydrogens (tertiary/aromatic N) is 6. The molecule has 12 heteroatoms. The number of fused-ring (bicyclic) bond motifs is 1. The summed E-state index contributed by atoms with van der Waals surface area (Å²) in [7, 11) is 0. The van der Waals surface area contributed by atoms with Crippen molar-refractivity contribution >= 4 is 11.0 Å². The molecule has 4 N–H and O–H groups in total. The molecule has 0 radical (unpaired) electrons. The molecular formula is C10H10N6O6. The SMILES string of the molecule is N#Cc1nn(O)c2c(=O)n(C3OC(CO)C(O)C3O)nnc12. The summed E-state index contributed by atoms with van der Waals surface area (Å²) < 4.78 is 5.76. The van der Waals surface area contributed by atoms with Crippen LogP contribution in [0.4, 0.5) is 0 Å². The fourth-order valence-corrected chi connectivity index (χ4v) is 2.25. The Bertz CT molecular complexity index is 824. The average Bonchev–Trinajstić information content (AvgIpc) is 2.99. The molecule has 3 heterocycles. The zero-order chi connectivity index (χ0) is 16.0. The van der Waals surface area contributed by atoms with Crippen molar-refractivity contribution in [3.8, 4) is 6.07 Å². The molecule has 0 amide bonds. The van der Waals surface area contributed by atoms with E-state index in [0.717, 1.165) is 0 Å². The largest absolute Gasteiger partial charge is 0.411 e. The number of nitriles is 1. The Morgan fingerprint density at radius 1 is 1.36 bits per heavy atom. The van der Waals surface area contributed by atoms with E-state index in [1.165, 1.54) is 0 Å². The van der Waals surface area contributed by atoms with Crippen LogP contribution in [0.15, 0.2) is 4.79 Å². The predicted molar refractivity (Wildman–Crippen MR) is 64.5 cm³/mol. The molecule has 1 fully saturated rings. The molecule has 1 saturated heterocycles. The van der Waals surface area contributed by atoms with Gasteiger partial charge in [-0.15, -0.1) is 10.2 Å². The van der Waals surface area contributed by atoms with Crippen LogP contribution in [0.5, 0.6) is 0 Å². The highest BCUT2D eigenvalue weighted by molar-refractivity contribution is 5.78. The van der Waals surface area contributed by atoms with Crippen LogP contribution in [0.2, 0.25) is 0 Å². The maximum Gasteiger partial charge on any atom is 0.302 e. The van der Waals surface area contributed by atoms with Gasteiger partial charge >= 0.3 is 5.56 Å². The lowest BCUT2D eigenvalue weighted by Gasteiger charge is -2.15. The molecule has 0 aromatic carbocycles. The Morgan fingerprint density at radius 3 is 2.68 bits per heavy atom. The van der Waals surface area contributed by atoms with E-state index in [2.05, 4.69) is 15.4 Å². The first-order chi connectivity index (χ1) is 10.5. The topological polar surface area (TPSA) is 180 Å². The van der Waals surface area contributed by atoms with Gasteiger partial charge in [-0.2, -0.15) is 9.94 Å². The van der Waals surface area contributed by atoms with E-state index in [0.29, 0.717) is 4.68 Å². The molecule has 1 aliphatic rings. The minimum Gasteiger partial charge on any atom is -0.411 e. The van der Waals surface area contributed by atoms with E-state index in [1.54, 1.807) is 6.07 Å². The van der Waals surface area contributed by atoms with Crippen molar-refractivity contribution in [2.45, 2.75) is 24.5 Å². The normalized spacial score (nSPS) is 28.1. The Labute approximate surface area is 121 Å². The zero-order valence-corrected chi connectivity index (χ0v) is 10.8. The Balaban J connectivity index is 2.14. The van der Waals surface area contributed by atoms with Crippen LogP contribution in [0, 0.1) is 11.3 Å². The van der Waals surface area contributed by atoms with E-state index in [1.807, 2.05) is 0 Å². The van der Waals surface area contributed by atoms with Crippen LogP contribution in [-0.2, 0) is 4.74 Å². The van der Waals surface area contributed by atoms with Crippen molar-refractivity contribution in [2.75, 3.05) is 6.61 Å². The summed E-state index contributed by atoms with van der Waals surface area (Å²) in [5.74, 6) is 0. The Kier molecular flexibility index (Phi) is 3.26. The molecule has 4 atom stereocenters. The minimum absolute atomic E-state index is 0.183. The van der Waals surface area contributed by atoms with Crippen LogP contribution in [0.25, 0.3) is 11.0 Å². The predicted octanol–water partition coefficient (Wildman–Crippen LogP) is -3.29. The number of rotatable bonds is 2. The second kappa shape index (κ2) is 5.00. The third-order valence-electron chi connectivity index (χ3n) is 3.36. The van der Waals surface area contributed by atoms with Crippen molar-refractivity contribution in [1.82, 2.24) is 24.9 Å². The maximum atomic E-state index is 12.3. The highest BCUT2D eigenvalue weighted by Crippen LogP contribution is 2.27. The van der Waals surface area contributed by atoms with Gasteiger partial charge in [0.1, 0.15) is 24.4 Å². The third-order valence-corrected chi connectivity index (χ3v) is 3.36. The fourth-order valence-electron chi connectivity index (χ4n) is 2.25. The number of hydrogen-bond donors (Lipinski definition) is 4. The quantitative estimate of drug-likeness (QED) is 0.410. The molecule has 0 aliphatic carbocycles. The van der Waals surface area contributed by atoms with Crippen LogP contribution >= 0.6 is 0 Å². The first-order valence-corrected chi connectivity index (χ1v) is 6.09. The van der Waals surface area contributed by atoms with E-state index in [4.69, 9.17) is 15.1 Å². The highest BCUT2D eigenvalue weighted by atomic mass is 16.6. The molecule has 0 saturated carbocycles. The monoisotopic (exact) mass is 310 g/mol. The van der Waals surface area contributed by atoms with Crippen LogP contribution in [0.3, 0.4) is 0 Å². The summed E-state index contributed by atoms with van der Waals surface area (Å²) in [4.78, 5) is 12.5. The van der Waals surface area contributed by atoms with Crippen molar-refractivity contribution in [3.63, 3.8) is 0 Å². The summed E-state index contributed by atoms with van der Waals surface area (Å²) in [5.41, 5.74) is -1.87. The summed E-state index contributed by atoms with van der Waals surface area (Å²) in [6.45, 7) is -0.574. The standard InChI is InChI=1S/C10H10N6O6/c11-1-3-5-6(16(21)13-3)9(20)15(14-12-5)10-8(19)7(18)4(2-17)22-10/h4,7-8,10,17-19,21H,2H2. The lowest BCUT2D eigenvalue weighted by Crippen LogP contribution is -2.37. The second-order valence-corrected chi connectivity index (χ2v) is 4.62. The molecule has 1 aliphatic heterocycles. The average molecular weight is 310 g/mol. The summed E-state index contributed by atoms with van der Waals surface area (Å²) in [6.07, 6.45) is -5.46. The van der Waals surface area contributed by atoms with Crippen molar-refractivity contribution < 1.29 is 25.3 Å². The van der Waals surface area contributed by atoms with E-state index in [9.17, 15) is 20.2 Å². The van der Waals surface area contributed by atoms with Gasteiger partial charge in [-0.1, -0.05) is 10.1 Å². The second-order valence-electron chi connectivity index (χ2n) is 4.62. The fraction of sp³-hybridized carbons (Fsp3) is 0.500. The van der Waals surface area contributed by atoms with Gasteiger partial charge < -0.3 is 25.3 Å². The van der Waals surface area contributed by atoms with E-state index in [-0.39, 0.29) is 16.1 Å². The molecular weight excluding hydrogens is 300 g/mol. The molecule has 116 valence electrons.